The van der Waals surface area contributed by atoms with Crippen LogP contribution in [0.25, 0.3) is 0 Å². The standard InChI is InChI=1S/C11H21NO3S/c1-9-3-5-12(6-4-9)11(14)10(2)16(15)8-7-13/h9-10,13H,3-8H2,1-2H3. The molecule has 0 spiro atoms. The summed E-state index contributed by atoms with van der Waals surface area (Å²) < 4.78 is 11.6. The second-order valence-corrected chi connectivity index (χ2v) is 6.34. The molecule has 0 aromatic heterocycles. The average Bonchev–Trinajstić information content (AvgIpc) is 2.28. The zero-order valence-corrected chi connectivity index (χ0v) is 10.8. The highest BCUT2D eigenvalue weighted by molar-refractivity contribution is 7.86. The van der Waals surface area contributed by atoms with Crippen molar-refractivity contribution >= 4 is 16.7 Å². The van der Waals surface area contributed by atoms with Crippen LogP contribution in [0.4, 0.5) is 0 Å². The van der Waals surface area contributed by atoms with Gasteiger partial charge in [0.05, 0.1) is 6.61 Å². The highest BCUT2D eigenvalue weighted by Gasteiger charge is 2.27. The SMILES string of the molecule is CC1CCN(C(=O)C(C)S(=O)CCO)CC1. The van der Waals surface area contributed by atoms with E-state index in [9.17, 15) is 9.00 Å². The van der Waals surface area contributed by atoms with Gasteiger partial charge < -0.3 is 10.0 Å². The normalized spacial score (nSPS) is 21.8. The van der Waals surface area contributed by atoms with E-state index in [0.29, 0.717) is 5.92 Å². The van der Waals surface area contributed by atoms with Crippen molar-refractivity contribution in [2.75, 3.05) is 25.4 Å². The minimum Gasteiger partial charge on any atom is -0.395 e. The van der Waals surface area contributed by atoms with Crippen LogP contribution >= 0.6 is 0 Å². The van der Waals surface area contributed by atoms with Gasteiger partial charge in [-0.05, 0) is 25.7 Å². The summed E-state index contributed by atoms with van der Waals surface area (Å²) in [5.74, 6) is 0.845. The molecule has 0 saturated carbocycles. The molecule has 0 aliphatic carbocycles. The van der Waals surface area contributed by atoms with E-state index in [0.717, 1.165) is 25.9 Å². The van der Waals surface area contributed by atoms with E-state index in [-0.39, 0.29) is 18.3 Å². The second kappa shape index (κ2) is 6.35. The van der Waals surface area contributed by atoms with Crippen LogP contribution in [0, 0.1) is 5.92 Å². The number of piperidine rings is 1. The molecule has 0 radical (unpaired) electrons. The quantitative estimate of drug-likeness (QED) is 0.781. The first-order valence-corrected chi connectivity index (χ1v) is 7.21. The Morgan fingerprint density at radius 1 is 1.50 bits per heavy atom. The highest BCUT2D eigenvalue weighted by atomic mass is 32.2. The summed E-state index contributed by atoms with van der Waals surface area (Å²) in [4.78, 5) is 13.8. The number of hydrogen-bond acceptors (Lipinski definition) is 3. The van der Waals surface area contributed by atoms with E-state index in [4.69, 9.17) is 5.11 Å². The molecule has 1 aliphatic rings. The number of rotatable bonds is 4. The molecule has 2 unspecified atom stereocenters. The molecule has 94 valence electrons. The number of hydrogen-bond donors (Lipinski definition) is 1. The van der Waals surface area contributed by atoms with Gasteiger partial charge in [0.2, 0.25) is 5.91 Å². The summed E-state index contributed by atoms with van der Waals surface area (Å²) in [6.07, 6.45) is 2.07. The van der Waals surface area contributed by atoms with E-state index in [1.165, 1.54) is 0 Å². The van der Waals surface area contributed by atoms with Gasteiger partial charge in [0.25, 0.3) is 0 Å². The Hall–Kier alpha value is -0.420. The second-order valence-electron chi connectivity index (χ2n) is 4.46. The van der Waals surface area contributed by atoms with Crippen molar-refractivity contribution in [3.63, 3.8) is 0 Å². The maximum absolute atomic E-state index is 12.0. The molecule has 0 aromatic carbocycles. The number of aliphatic hydroxyl groups is 1. The summed E-state index contributed by atoms with van der Waals surface area (Å²) in [5.41, 5.74) is 0. The fourth-order valence-corrected chi connectivity index (χ4v) is 2.77. The lowest BCUT2D eigenvalue weighted by atomic mass is 9.99. The molecule has 5 heteroatoms. The molecular formula is C11H21NO3S. The fourth-order valence-electron chi connectivity index (χ4n) is 1.87. The number of amides is 1. The fraction of sp³-hybridized carbons (Fsp3) is 0.909. The van der Waals surface area contributed by atoms with Crippen LogP contribution in [0.5, 0.6) is 0 Å². The van der Waals surface area contributed by atoms with Gasteiger partial charge in [0, 0.05) is 29.6 Å². The van der Waals surface area contributed by atoms with Crippen LogP contribution in [0.3, 0.4) is 0 Å². The van der Waals surface area contributed by atoms with Crippen LogP contribution in [0.15, 0.2) is 0 Å². The Kier molecular flexibility index (Phi) is 5.41. The summed E-state index contributed by atoms with van der Waals surface area (Å²) in [6, 6.07) is 0. The van der Waals surface area contributed by atoms with Gasteiger partial charge in [-0.2, -0.15) is 0 Å². The van der Waals surface area contributed by atoms with Gasteiger partial charge in [-0.1, -0.05) is 6.92 Å². The first-order valence-electron chi connectivity index (χ1n) is 5.83. The molecule has 1 saturated heterocycles. The zero-order valence-electron chi connectivity index (χ0n) is 10.0. The predicted octanol–water partition coefficient (Wildman–Crippen LogP) is 0.374. The smallest absolute Gasteiger partial charge is 0.238 e. The number of nitrogens with zero attached hydrogens (tertiary/aromatic N) is 1. The Bertz CT molecular complexity index is 262. The molecule has 1 rings (SSSR count). The highest BCUT2D eigenvalue weighted by Crippen LogP contribution is 2.17. The van der Waals surface area contributed by atoms with Gasteiger partial charge in [0.1, 0.15) is 5.25 Å². The molecule has 0 aromatic rings. The third-order valence-electron chi connectivity index (χ3n) is 3.13. The van der Waals surface area contributed by atoms with Crippen LogP contribution in [-0.4, -0.2) is 50.8 Å². The van der Waals surface area contributed by atoms with Gasteiger partial charge in [-0.3, -0.25) is 9.00 Å². The zero-order chi connectivity index (χ0) is 12.1. The first kappa shape index (κ1) is 13.6. The molecular weight excluding hydrogens is 226 g/mol. The minimum absolute atomic E-state index is 0.0290. The maximum atomic E-state index is 12.0. The third-order valence-corrected chi connectivity index (χ3v) is 4.71. The Labute approximate surface area is 99.5 Å². The summed E-state index contributed by atoms with van der Waals surface area (Å²) in [5, 5.41) is 8.21. The van der Waals surface area contributed by atoms with Crippen molar-refractivity contribution in [3.05, 3.63) is 0 Å². The molecule has 16 heavy (non-hydrogen) atoms. The third kappa shape index (κ3) is 3.56. The topological polar surface area (TPSA) is 57.6 Å². The molecule has 1 heterocycles. The van der Waals surface area contributed by atoms with E-state index < -0.39 is 16.0 Å². The van der Waals surface area contributed by atoms with Crippen molar-refractivity contribution in [2.45, 2.75) is 31.9 Å². The molecule has 1 aliphatic heterocycles. The van der Waals surface area contributed by atoms with Crippen LogP contribution in [0.2, 0.25) is 0 Å². The lowest BCUT2D eigenvalue weighted by Crippen LogP contribution is -2.44. The minimum atomic E-state index is -1.25. The van der Waals surface area contributed by atoms with E-state index in [2.05, 4.69) is 6.92 Å². The number of carbonyl (C=O) groups excluding carboxylic acids is 1. The lowest BCUT2D eigenvalue weighted by molar-refractivity contribution is -0.131. The van der Waals surface area contributed by atoms with Crippen LogP contribution in [-0.2, 0) is 15.6 Å². The molecule has 1 N–H and O–H groups in total. The Morgan fingerprint density at radius 3 is 2.56 bits per heavy atom. The van der Waals surface area contributed by atoms with Crippen molar-refractivity contribution in [1.29, 1.82) is 0 Å². The van der Waals surface area contributed by atoms with Gasteiger partial charge in [-0.15, -0.1) is 0 Å². The van der Waals surface area contributed by atoms with Crippen molar-refractivity contribution in [2.24, 2.45) is 5.92 Å². The Morgan fingerprint density at radius 2 is 2.06 bits per heavy atom. The van der Waals surface area contributed by atoms with Gasteiger partial charge in [-0.25, -0.2) is 0 Å². The van der Waals surface area contributed by atoms with Crippen molar-refractivity contribution < 1.29 is 14.1 Å². The monoisotopic (exact) mass is 247 g/mol. The predicted molar refractivity (Wildman–Crippen MR) is 64.5 cm³/mol. The number of aliphatic hydroxyl groups excluding tert-OH is 1. The largest absolute Gasteiger partial charge is 0.395 e. The maximum Gasteiger partial charge on any atom is 0.238 e. The lowest BCUT2D eigenvalue weighted by Gasteiger charge is -2.31. The van der Waals surface area contributed by atoms with Gasteiger partial charge in [0.15, 0.2) is 0 Å². The molecule has 2 atom stereocenters. The summed E-state index contributed by atoms with van der Waals surface area (Å²) in [7, 11) is -1.25. The molecule has 1 amide bonds. The Balaban J connectivity index is 2.47. The summed E-state index contributed by atoms with van der Waals surface area (Å²) in [6.45, 7) is 5.31. The van der Waals surface area contributed by atoms with E-state index >= 15 is 0 Å². The average molecular weight is 247 g/mol. The van der Waals surface area contributed by atoms with Crippen LogP contribution in [0.1, 0.15) is 26.7 Å². The van der Waals surface area contributed by atoms with Crippen molar-refractivity contribution in [3.8, 4) is 0 Å². The summed E-state index contributed by atoms with van der Waals surface area (Å²) >= 11 is 0. The van der Waals surface area contributed by atoms with Gasteiger partial charge >= 0.3 is 0 Å². The van der Waals surface area contributed by atoms with E-state index in [1.54, 1.807) is 11.8 Å². The number of likely N-dealkylation sites (tertiary alicyclic amines) is 1. The van der Waals surface area contributed by atoms with Crippen LogP contribution < -0.4 is 0 Å². The molecule has 0 bridgehead atoms. The number of carbonyl (C=O) groups is 1. The molecule has 1 fully saturated rings. The van der Waals surface area contributed by atoms with Crippen molar-refractivity contribution in [1.82, 2.24) is 4.90 Å². The molecule has 4 nitrogen and oxygen atoms in total. The van der Waals surface area contributed by atoms with E-state index in [1.807, 2.05) is 0 Å². The first-order chi connectivity index (χ1) is 7.56.